The molecule has 0 radical (unpaired) electrons. The second-order valence-electron chi connectivity index (χ2n) is 7.07. The van der Waals surface area contributed by atoms with Crippen LogP contribution in [0.15, 0.2) is 59.6 Å². The van der Waals surface area contributed by atoms with Crippen molar-refractivity contribution < 1.29 is 13.2 Å². The van der Waals surface area contributed by atoms with Gasteiger partial charge in [-0.3, -0.25) is 0 Å². The summed E-state index contributed by atoms with van der Waals surface area (Å²) in [4.78, 5) is 0.326. The molecule has 1 aromatic heterocycles. The van der Waals surface area contributed by atoms with E-state index in [0.717, 1.165) is 12.8 Å². The Morgan fingerprint density at radius 3 is 2.33 bits per heavy atom. The number of para-hydroxylation sites is 1. The van der Waals surface area contributed by atoms with Crippen molar-refractivity contribution in [2.45, 2.75) is 23.7 Å². The van der Waals surface area contributed by atoms with Gasteiger partial charge in [0.1, 0.15) is 5.75 Å². The van der Waals surface area contributed by atoms with Gasteiger partial charge in [-0.2, -0.15) is 4.31 Å². The van der Waals surface area contributed by atoms with Crippen LogP contribution in [-0.4, -0.2) is 37.5 Å². The van der Waals surface area contributed by atoms with E-state index in [1.165, 1.54) is 16.5 Å². The number of aryl methyl sites for hydroxylation is 1. The average Bonchev–Trinajstić information content (AvgIpc) is 3.05. The molecule has 2 heterocycles. The second kappa shape index (κ2) is 7.02. The largest absolute Gasteiger partial charge is 0.497 e. The van der Waals surface area contributed by atoms with Crippen molar-refractivity contribution in [2.24, 2.45) is 7.05 Å². The Kier molecular flexibility index (Phi) is 4.70. The molecule has 1 saturated heterocycles. The van der Waals surface area contributed by atoms with E-state index in [1.807, 2.05) is 0 Å². The summed E-state index contributed by atoms with van der Waals surface area (Å²) in [6.45, 7) is 1.09. The number of ether oxygens (including phenoxy) is 1. The molecule has 27 heavy (non-hydrogen) atoms. The molecule has 0 amide bonds. The first-order chi connectivity index (χ1) is 13.0. The minimum absolute atomic E-state index is 0.326. The molecule has 0 unspecified atom stereocenters. The highest BCUT2D eigenvalue weighted by Gasteiger charge is 2.31. The Labute approximate surface area is 160 Å². The lowest BCUT2D eigenvalue weighted by Gasteiger charge is -2.31. The van der Waals surface area contributed by atoms with Gasteiger partial charge in [-0.1, -0.05) is 18.2 Å². The van der Waals surface area contributed by atoms with Crippen LogP contribution in [0, 0.1) is 0 Å². The molecule has 0 spiro atoms. The van der Waals surface area contributed by atoms with E-state index in [-0.39, 0.29) is 0 Å². The summed E-state index contributed by atoms with van der Waals surface area (Å²) in [6.07, 6.45) is 3.87. The van der Waals surface area contributed by atoms with Crippen molar-refractivity contribution in [3.8, 4) is 5.75 Å². The highest BCUT2D eigenvalue weighted by atomic mass is 32.2. The van der Waals surface area contributed by atoms with Crippen LogP contribution in [0.2, 0.25) is 0 Å². The van der Waals surface area contributed by atoms with Crippen molar-refractivity contribution in [3.05, 3.63) is 60.3 Å². The van der Waals surface area contributed by atoms with Crippen molar-refractivity contribution >= 4 is 20.9 Å². The summed E-state index contributed by atoms with van der Waals surface area (Å²) in [5, 5.41) is 1.27. The van der Waals surface area contributed by atoms with E-state index in [2.05, 4.69) is 42.1 Å². The second-order valence-corrected chi connectivity index (χ2v) is 9.00. The number of nitrogens with zero attached hydrogens (tertiary/aromatic N) is 2. The van der Waals surface area contributed by atoms with Crippen LogP contribution in [0.25, 0.3) is 10.9 Å². The molecular formula is C21H24N2O3S. The fourth-order valence-electron chi connectivity index (χ4n) is 4.00. The van der Waals surface area contributed by atoms with Crippen molar-refractivity contribution in [1.29, 1.82) is 0 Å². The van der Waals surface area contributed by atoms with Gasteiger partial charge in [0.2, 0.25) is 10.0 Å². The number of hydrogen-bond acceptors (Lipinski definition) is 3. The number of methoxy groups -OCH3 is 1. The van der Waals surface area contributed by atoms with Crippen LogP contribution >= 0.6 is 0 Å². The topological polar surface area (TPSA) is 51.5 Å². The maximum atomic E-state index is 12.9. The van der Waals surface area contributed by atoms with Gasteiger partial charge < -0.3 is 9.30 Å². The Morgan fingerprint density at radius 2 is 1.67 bits per heavy atom. The zero-order chi connectivity index (χ0) is 19.0. The fraction of sp³-hybridized carbons (Fsp3) is 0.333. The predicted octanol–water partition coefficient (Wildman–Crippen LogP) is 3.76. The van der Waals surface area contributed by atoms with Gasteiger partial charge in [-0.05, 0) is 54.7 Å². The van der Waals surface area contributed by atoms with Crippen LogP contribution in [-0.2, 0) is 17.1 Å². The van der Waals surface area contributed by atoms with E-state index in [0.29, 0.717) is 29.7 Å². The highest BCUT2D eigenvalue weighted by molar-refractivity contribution is 7.89. The van der Waals surface area contributed by atoms with E-state index < -0.39 is 10.0 Å². The van der Waals surface area contributed by atoms with Gasteiger partial charge in [0.15, 0.2) is 0 Å². The van der Waals surface area contributed by atoms with Gasteiger partial charge in [-0.15, -0.1) is 0 Å². The summed E-state index contributed by atoms with van der Waals surface area (Å²) in [5.41, 5.74) is 2.55. The first-order valence-electron chi connectivity index (χ1n) is 9.19. The molecule has 1 aliphatic rings. The number of aromatic nitrogens is 1. The Balaban J connectivity index is 1.52. The van der Waals surface area contributed by atoms with E-state index in [9.17, 15) is 8.42 Å². The molecule has 5 nitrogen and oxygen atoms in total. The molecule has 2 aromatic carbocycles. The number of sulfonamides is 1. The van der Waals surface area contributed by atoms with Crippen LogP contribution < -0.4 is 4.74 Å². The molecule has 0 saturated carbocycles. The number of piperidine rings is 1. The smallest absolute Gasteiger partial charge is 0.243 e. The Hall–Kier alpha value is -2.31. The first kappa shape index (κ1) is 18.1. The van der Waals surface area contributed by atoms with Gasteiger partial charge in [0, 0.05) is 37.2 Å². The van der Waals surface area contributed by atoms with Crippen LogP contribution in [0.4, 0.5) is 0 Å². The van der Waals surface area contributed by atoms with Gasteiger partial charge in [0.25, 0.3) is 0 Å². The monoisotopic (exact) mass is 384 g/mol. The predicted molar refractivity (Wildman–Crippen MR) is 107 cm³/mol. The summed E-state index contributed by atoms with van der Waals surface area (Å²) >= 11 is 0. The number of hydrogen-bond donors (Lipinski definition) is 0. The number of benzene rings is 2. The molecule has 6 heteroatoms. The molecule has 0 atom stereocenters. The van der Waals surface area contributed by atoms with E-state index >= 15 is 0 Å². The van der Waals surface area contributed by atoms with Crippen molar-refractivity contribution in [1.82, 2.24) is 8.87 Å². The minimum atomic E-state index is -3.46. The maximum Gasteiger partial charge on any atom is 0.243 e. The molecule has 142 valence electrons. The summed E-state index contributed by atoms with van der Waals surface area (Å²) < 4.78 is 34.7. The fourth-order valence-corrected chi connectivity index (χ4v) is 5.47. The lowest BCUT2D eigenvalue weighted by atomic mass is 9.90. The Morgan fingerprint density at radius 1 is 1.00 bits per heavy atom. The lowest BCUT2D eigenvalue weighted by molar-refractivity contribution is 0.320. The minimum Gasteiger partial charge on any atom is -0.497 e. The summed E-state index contributed by atoms with van der Waals surface area (Å²) in [6, 6.07) is 15.0. The molecule has 0 N–H and O–H groups in total. The molecule has 3 aromatic rings. The van der Waals surface area contributed by atoms with E-state index in [4.69, 9.17) is 4.74 Å². The maximum absolute atomic E-state index is 12.9. The zero-order valence-electron chi connectivity index (χ0n) is 15.6. The summed E-state index contributed by atoms with van der Waals surface area (Å²) in [7, 11) is 0.178. The first-order valence-corrected chi connectivity index (χ1v) is 10.6. The molecule has 4 rings (SSSR count). The van der Waals surface area contributed by atoms with Crippen molar-refractivity contribution in [3.63, 3.8) is 0 Å². The van der Waals surface area contributed by atoms with Crippen LogP contribution in [0.1, 0.15) is 24.3 Å². The third kappa shape index (κ3) is 3.24. The molecule has 0 bridgehead atoms. The standard InChI is InChI=1S/C21H24N2O3S/c1-22-15-20(19-5-3-4-6-21(19)22)16-11-13-23(14-12-16)27(24,25)18-9-7-17(26-2)8-10-18/h3-10,15-16H,11-14H2,1-2H3. The number of fused-ring (bicyclic) bond motifs is 1. The Bertz CT molecular complexity index is 1050. The van der Waals surface area contributed by atoms with Crippen LogP contribution in [0.5, 0.6) is 5.75 Å². The molecule has 1 aliphatic heterocycles. The summed E-state index contributed by atoms with van der Waals surface area (Å²) in [5.74, 6) is 1.04. The molecule has 0 aliphatic carbocycles. The molecule has 1 fully saturated rings. The molecular weight excluding hydrogens is 360 g/mol. The average molecular weight is 385 g/mol. The number of rotatable bonds is 4. The quantitative estimate of drug-likeness (QED) is 0.688. The normalized spacial score (nSPS) is 16.7. The zero-order valence-corrected chi connectivity index (χ0v) is 16.4. The van der Waals surface area contributed by atoms with Gasteiger partial charge in [0.05, 0.1) is 12.0 Å². The van der Waals surface area contributed by atoms with E-state index in [1.54, 1.807) is 35.7 Å². The lowest BCUT2D eigenvalue weighted by Crippen LogP contribution is -2.37. The third-order valence-electron chi connectivity index (χ3n) is 5.52. The van der Waals surface area contributed by atoms with Gasteiger partial charge in [-0.25, -0.2) is 8.42 Å². The van der Waals surface area contributed by atoms with Gasteiger partial charge >= 0.3 is 0 Å². The third-order valence-corrected chi connectivity index (χ3v) is 7.43. The SMILES string of the molecule is COc1ccc(S(=O)(=O)N2CCC(c3cn(C)c4ccccc34)CC2)cc1. The highest BCUT2D eigenvalue weighted by Crippen LogP contribution is 2.35. The van der Waals surface area contributed by atoms with Crippen molar-refractivity contribution in [2.75, 3.05) is 20.2 Å². The van der Waals surface area contributed by atoms with Crippen LogP contribution in [0.3, 0.4) is 0 Å².